The van der Waals surface area contributed by atoms with E-state index in [-0.39, 0.29) is 11.7 Å². The minimum atomic E-state index is -0.195. The number of hydrogen-bond donors (Lipinski definition) is 2. The van der Waals surface area contributed by atoms with Crippen LogP contribution in [0.3, 0.4) is 0 Å². The van der Waals surface area contributed by atoms with Gasteiger partial charge in [-0.3, -0.25) is 4.79 Å². The summed E-state index contributed by atoms with van der Waals surface area (Å²) < 4.78 is 0. The largest absolute Gasteiger partial charge is 0.507 e. The summed E-state index contributed by atoms with van der Waals surface area (Å²) in [4.78, 5) is 13.0. The van der Waals surface area contributed by atoms with E-state index >= 15 is 0 Å². The number of phenolic OH excluding ortho intramolecular Hbond substituents is 1. The fourth-order valence-electron chi connectivity index (χ4n) is 2.12. The van der Waals surface area contributed by atoms with E-state index in [1.165, 1.54) is 6.08 Å². The van der Waals surface area contributed by atoms with Crippen molar-refractivity contribution in [1.82, 2.24) is 0 Å². The molecule has 0 radical (unpaired) electrons. The van der Waals surface area contributed by atoms with E-state index in [1.807, 2.05) is 35.7 Å². The summed E-state index contributed by atoms with van der Waals surface area (Å²) in [5.41, 5.74) is 0.684. The molecule has 3 aromatic rings. The zero-order valence-electron chi connectivity index (χ0n) is 11.1. The first-order valence-electron chi connectivity index (χ1n) is 6.47. The Balaban J connectivity index is 1.85. The smallest absolute Gasteiger partial charge is 0.248 e. The summed E-state index contributed by atoms with van der Waals surface area (Å²) in [6.45, 7) is 0. The van der Waals surface area contributed by atoms with Crippen LogP contribution >= 0.6 is 11.3 Å². The molecule has 3 nitrogen and oxygen atoms in total. The van der Waals surface area contributed by atoms with Gasteiger partial charge in [-0.05, 0) is 29.7 Å². The molecule has 0 saturated heterocycles. The van der Waals surface area contributed by atoms with Gasteiger partial charge in [-0.15, -0.1) is 11.3 Å². The molecule has 0 unspecified atom stereocenters. The maximum atomic E-state index is 12.0. The van der Waals surface area contributed by atoms with E-state index in [0.29, 0.717) is 5.69 Å². The zero-order chi connectivity index (χ0) is 14.7. The first-order chi connectivity index (χ1) is 10.2. The van der Waals surface area contributed by atoms with E-state index in [9.17, 15) is 9.90 Å². The fourth-order valence-corrected chi connectivity index (χ4v) is 2.74. The number of aromatic hydroxyl groups is 1. The van der Waals surface area contributed by atoms with Crippen molar-refractivity contribution >= 4 is 39.8 Å². The quantitative estimate of drug-likeness (QED) is 0.709. The van der Waals surface area contributed by atoms with Gasteiger partial charge >= 0.3 is 0 Å². The molecule has 21 heavy (non-hydrogen) atoms. The van der Waals surface area contributed by atoms with Crippen molar-refractivity contribution in [2.45, 2.75) is 0 Å². The number of fused-ring (bicyclic) bond motifs is 1. The number of hydrogen-bond acceptors (Lipinski definition) is 3. The summed E-state index contributed by atoms with van der Waals surface area (Å²) >= 11 is 1.58. The SMILES string of the molecule is O=C(/C=C/c1cccs1)Nc1cccc2c(O)cccc12. The Morgan fingerprint density at radius 2 is 1.86 bits per heavy atom. The number of carbonyl (C=O) groups excluding carboxylic acids is 1. The molecule has 1 aromatic heterocycles. The molecular formula is C17H13NO2S. The van der Waals surface area contributed by atoms with E-state index in [2.05, 4.69) is 5.32 Å². The first-order valence-corrected chi connectivity index (χ1v) is 7.35. The summed E-state index contributed by atoms with van der Waals surface area (Å²) in [6, 6.07) is 14.6. The maximum absolute atomic E-state index is 12.0. The van der Waals surface area contributed by atoms with Crippen molar-refractivity contribution in [2.75, 3.05) is 5.32 Å². The monoisotopic (exact) mass is 295 g/mol. The van der Waals surface area contributed by atoms with E-state index in [0.717, 1.165) is 15.6 Å². The van der Waals surface area contributed by atoms with Gasteiger partial charge in [-0.2, -0.15) is 0 Å². The van der Waals surface area contributed by atoms with E-state index < -0.39 is 0 Å². The first kappa shape index (κ1) is 13.4. The second-order valence-electron chi connectivity index (χ2n) is 4.52. The van der Waals surface area contributed by atoms with Crippen LogP contribution in [0.25, 0.3) is 16.8 Å². The molecule has 0 aliphatic heterocycles. The van der Waals surface area contributed by atoms with Gasteiger partial charge in [-0.25, -0.2) is 0 Å². The van der Waals surface area contributed by atoms with Crippen LogP contribution in [0.4, 0.5) is 5.69 Å². The highest BCUT2D eigenvalue weighted by Gasteiger charge is 2.05. The van der Waals surface area contributed by atoms with Crippen LogP contribution in [0.5, 0.6) is 5.75 Å². The zero-order valence-corrected chi connectivity index (χ0v) is 11.9. The Morgan fingerprint density at radius 3 is 2.67 bits per heavy atom. The third-order valence-electron chi connectivity index (χ3n) is 3.10. The lowest BCUT2D eigenvalue weighted by atomic mass is 10.1. The molecule has 104 valence electrons. The average molecular weight is 295 g/mol. The standard InChI is InChI=1S/C17H13NO2S/c19-16-8-2-5-13-14(16)6-1-7-15(13)18-17(20)10-9-12-4-3-11-21-12/h1-11,19H,(H,18,20)/b10-9+. The molecule has 1 heterocycles. The van der Waals surface area contributed by atoms with Gasteiger partial charge in [-0.1, -0.05) is 30.3 Å². The van der Waals surface area contributed by atoms with Crippen LogP contribution in [-0.2, 0) is 4.79 Å². The normalized spacial score (nSPS) is 11.0. The molecule has 1 amide bonds. The van der Waals surface area contributed by atoms with Gasteiger partial charge in [0.1, 0.15) is 5.75 Å². The number of phenols is 1. The summed E-state index contributed by atoms with van der Waals surface area (Å²) in [5, 5.41) is 16.2. The second kappa shape index (κ2) is 5.81. The van der Waals surface area contributed by atoms with Crippen LogP contribution in [0.1, 0.15) is 4.88 Å². The predicted octanol–water partition coefficient (Wildman–Crippen LogP) is 4.26. The lowest BCUT2D eigenvalue weighted by Gasteiger charge is -2.07. The van der Waals surface area contributed by atoms with Crippen molar-refractivity contribution in [3.63, 3.8) is 0 Å². The van der Waals surface area contributed by atoms with Crippen molar-refractivity contribution in [3.8, 4) is 5.75 Å². The van der Waals surface area contributed by atoms with Crippen molar-refractivity contribution in [2.24, 2.45) is 0 Å². The van der Waals surface area contributed by atoms with Crippen LogP contribution in [0.15, 0.2) is 60.0 Å². The average Bonchev–Trinajstić information content (AvgIpc) is 3.00. The molecule has 0 atom stereocenters. The molecule has 0 saturated carbocycles. The van der Waals surface area contributed by atoms with E-state index in [4.69, 9.17) is 0 Å². The Morgan fingerprint density at radius 1 is 1.05 bits per heavy atom. The number of rotatable bonds is 3. The Bertz CT molecular complexity index is 807. The van der Waals surface area contributed by atoms with Crippen LogP contribution < -0.4 is 5.32 Å². The van der Waals surface area contributed by atoms with E-state index in [1.54, 1.807) is 35.6 Å². The van der Waals surface area contributed by atoms with Crippen LogP contribution in [0, 0.1) is 0 Å². The lowest BCUT2D eigenvalue weighted by Crippen LogP contribution is -2.07. The third-order valence-corrected chi connectivity index (χ3v) is 3.94. The van der Waals surface area contributed by atoms with Gasteiger partial charge in [0, 0.05) is 27.4 Å². The molecular weight excluding hydrogens is 282 g/mol. The summed E-state index contributed by atoms with van der Waals surface area (Å²) in [7, 11) is 0. The second-order valence-corrected chi connectivity index (χ2v) is 5.50. The maximum Gasteiger partial charge on any atom is 0.248 e. The highest BCUT2D eigenvalue weighted by Crippen LogP contribution is 2.29. The molecule has 0 spiro atoms. The Kier molecular flexibility index (Phi) is 3.71. The molecule has 0 bridgehead atoms. The molecule has 4 heteroatoms. The molecule has 0 aliphatic carbocycles. The summed E-state index contributed by atoms with van der Waals surface area (Å²) in [5.74, 6) is 0.0111. The number of nitrogens with one attached hydrogen (secondary N) is 1. The number of benzene rings is 2. The minimum Gasteiger partial charge on any atom is -0.507 e. The van der Waals surface area contributed by atoms with Crippen molar-refractivity contribution < 1.29 is 9.90 Å². The van der Waals surface area contributed by atoms with Crippen LogP contribution in [0.2, 0.25) is 0 Å². The molecule has 2 aromatic carbocycles. The van der Waals surface area contributed by atoms with Crippen molar-refractivity contribution in [1.29, 1.82) is 0 Å². The fraction of sp³-hybridized carbons (Fsp3) is 0. The minimum absolute atomic E-state index is 0.195. The molecule has 0 fully saturated rings. The number of carbonyl (C=O) groups is 1. The lowest BCUT2D eigenvalue weighted by molar-refractivity contribution is -0.111. The predicted molar refractivity (Wildman–Crippen MR) is 87.6 cm³/mol. The number of amides is 1. The van der Waals surface area contributed by atoms with Crippen molar-refractivity contribution in [3.05, 3.63) is 64.9 Å². The summed E-state index contributed by atoms with van der Waals surface area (Å²) in [6.07, 6.45) is 3.29. The number of anilines is 1. The molecule has 3 rings (SSSR count). The van der Waals surface area contributed by atoms with Gasteiger partial charge in [0.05, 0.1) is 0 Å². The van der Waals surface area contributed by atoms with Crippen LogP contribution in [-0.4, -0.2) is 11.0 Å². The van der Waals surface area contributed by atoms with Gasteiger partial charge in [0.15, 0.2) is 0 Å². The van der Waals surface area contributed by atoms with Gasteiger partial charge in [0.2, 0.25) is 5.91 Å². The highest BCUT2D eigenvalue weighted by molar-refractivity contribution is 7.10. The Hall–Kier alpha value is -2.59. The Labute approximate surface area is 126 Å². The molecule has 0 aliphatic rings. The topological polar surface area (TPSA) is 49.3 Å². The number of thiophene rings is 1. The third kappa shape index (κ3) is 2.95. The van der Waals surface area contributed by atoms with Gasteiger partial charge in [0.25, 0.3) is 0 Å². The molecule has 2 N–H and O–H groups in total. The van der Waals surface area contributed by atoms with Gasteiger partial charge < -0.3 is 10.4 Å². The highest BCUT2D eigenvalue weighted by atomic mass is 32.1.